The molecule has 0 aliphatic heterocycles. The van der Waals surface area contributed by atoms with Gasteiger partial charge in [0.05, 0.1) is 5.02 Å². The van der Waals surface area contributed by atoms with Crippen LogP contribution in [-0.4, -0.2) is 12.1 Å². The number of hydrogen-bond acceptors (Lipinski definition) is 1. The quantitative estimate of drug-likeness (QED) is 0.789. The minimum absolute atomic E-state index is 0.0573. The Hall–Kier alpha value is -0.805. The lowest BCUT2D eigenvalue weighted by molar-refractivity contribution is 0.474. The van der Waals surface area contributed by atoms with Gasteiger partial charge in [0.1, 0.15) is 5.75 Å². The van der Waals surface area contributed by atoms with Gasteiger partial charge in [-0.1, -0.05) is 29.3 Å². The lowest BCUT2D eigenvalue weighted by Crippen LogP contribution is -2.09. The van der Waals surface area contributed by atoms with E-state index >= 15 is 0 Å². The highest BCUT2D eigenvalue weighted by atomic mass is 35.5. The van der Waals surface area contributed by atoms with Crippen LogP contribution in [0.2, 0.25) is 10.0 Å². The van der Waals surface area contributed by atoms with E-state index in [1.807, 2.05) is 0 Å². The highest BCUT2D eigenvalue weighted by Crippen LogP contribution is 2.32. The van der Waals surface area contributed by atoms with E-state index < -0.39 is 12.7 Å². The van der Waals surface area contributed by atoms with E-state index in [1.165, 1.54) is 12.1 Å². The maximum Gasteiger partial charge on any atom is 0.502 e. The monoisotopic (exact) mass is 255 g/mol. The number of phenolic OH excluding ortho intramolecular Hbond substituents is 1. The van der Waals surface area contributed by atoms with E-state index in [9.17, 15) is 18.1 Å². The smallest absolute Gasteiger partial charge is 0.502 e. The highest BCUT2D eigenvalue weighted by molar-refractivity contribution is 6.65. The molecular formula is C8H5BCl2F3O-. The normalized spacial score (nSPS) is 12.3. The van der Waals surface area contributed by atoms with Crippen LogP contribution in [0.3, 0.4) is 0 Å². The van der Waals surface area contributed by atoms with Crippen molar-refractivity contribution >= 4 is 36.3 Å². The first-order valence-corrected chi connectivity index (χ1v) is 4.62. The number of halogens is 5. The van der Waals surface area contributed by atoms with Crippen molar-refractivity contribution in [1.82, 2.24) is 0 Å². The first-order valence-electron chi connectivity index (χ1n) is 3.87. The topological polar surface area (TPSA) is 20.2 Å². The number of phenols is 1. The van der Waals surface area contributed by atoms with Crippen molar-refractivity contribution in [3.05, 3.63) is 33.7 Å². The molecule has 0 saturated carbocycles. The Labute approximate surface area is 94.2 Å². The molecule has 0 radical (unpaired) electrons. The van der Waals surface area contributed by atoms with Gasteiger partial charge in [0.25, 0.3) is 0 Å². The molecule has 1 aromatic rings. The Kier molecular flexibility index (Phi) is 3.57. The van der Waals surface area contributed by atoms with Crippen LogP contribution < -0.4 is 0 Å². The Morgan fingerprint density at radius 2 is 1.80 bits per heavy atom. The van der Waals surface area contributed by atoms with Crippen molar-refractivity contribution in [2.75, 3.05) is 0 Å². The molecule has 0 bridgehead atoms. The molecule has 1 N–H and O–H groups in total. The molecule has 0 aromatic heterocycles. The summed E-state index contributed by atoms with van der Waals surface area (Å²) in [5, 5.41) is 9.39. The van der Waals surface area contributed by atoms with Crippen LogP contribution in [0.15, 0.2) is 18.1 Å². The van der Waals surface area contributed by atoms with Crippen LogP contribution in [0, 0.1) is 0 Å². The molecule has 0 fully saturated rings. The summed E-state index contributed by atoms with van der Waals surface area (Å²) < 4.78 is 35.7. The predicted octanol–water partition coefficient (Wildman–Crippen LogP) is 4.10. The summed E-state index contributed by atoms with van der Waals surface area (Å²) in [6.07, 6.45) is 0.729. The lowest BCUT2D eigenvalue weighted by atomic mass is 9.90. The molecule has 7 heteroatoms. The Morgan fingerprint density at radius 3 is 2.33 bits per heavy atom. The van der Waals surface area contributed by atoms with Crippen LogP contribution in [-0.2, 0) is 0 Å². The molecule has 0 spiro atoms. The number of hydrogen-bond donors (Lipinski definition) is 1. The zero-order valence-corrected chi connectivity index (χ0v) is 8.74. The van der Waals surface area contributed by atoms with Gasteiger partial charge in [-0.15, -0.1) is 5.98 Å². The minimum Gasteiger partial charge on any atom is -0.506 e. The van der Waals surface area contributed by atoms with Crippen molar-refractivity contribution in [3.63, 3.8) is 0 Å². The molecule has 0 saturated heterocycles. The first kappa shape index (κ1) is 12.3. The van der Waals surface area contributed by atoms with Gasteiger partial charge in [0, 0.05) is 10.6 Å². The van der Waals surface area contributed by atoms with E-state index in [0.29, 0.717) is 0 Å². The lowest BCUT2D eigenvalue weighted by Gasteiger charge is -2.08. The van der Waals surface area contributed by atoms with Crippen LogP contribution >= 0.6 is 23.2 Å². The Balaban J connectivity index is 3.10. The summed E-state index contributed by atoms with van der Waals surface area (Å²) in [5.41, 5.74) is -0.0632. The van der Waals surface area contributed by atoms with E-state index in [4.69, 9.17) is 23.2 Å². The summed E-state index contributed by atoms with van der Waals surface area (Å²) in [5.74, 6) is -0.362. The highest BCUT2D eigenvalue weighted by Gasteiger charge is 2.17. The molecular weight excluding hydrogens is 251 g/mol. The number of aromatic hydroxyl groups is 1. The maximum absolute atomic E-state index is 11.9. The molecule has 0 atom stereocenters. The van der Waals surface area contributed by atoms with Gasteiger partial charge in [0.15, 0.2) is 0 Å². The van der Waals surface area contributed by atoms with Gasteiger partial charge in [-0.2, -0.15) is 0 Å². The van der Waals surface area contributed by atoms with Gasteiger partial charge in [0.2, 0.25) is 0 Å². The molecule has 82 valence electrons. The SMILES string of the molecule is Oc1c(Cl)cc(Cl)cc1/C=C/[B-](F)(F)F. The molecule has 15 heavy (non-hydrogen) atoms. The predicted molar refractivity (Wildman–Crippen MR) is 56.2 cm³/mol. The molecule has 0 aliphatic rings. The fraction of sp³-hybridized carbons (Fsp3) is 0. The van der Waals surface area contributed by atoms with Crippen molar-refractivity contribution in [3.8, 4) is 5.75 Å². The van der Waals surface area contributed by atoms with E-state index in [0.717, 1.165) is 6.08 Å². The van der Waals surface area contributed by atoms with Gasteiger partial charge >= 0.3 is 6.98 Å². The third-order valence-electron chi connectivity index (χ3n) is 1.55. The van der Waals surface area contributed by atoms with Crippen LogP contribution in [0.5, 0.6) is 5.75 Å². The standard InChI is InChI=1S/C8H5BCl2F3O/c10-6-3-5(1-2-9(12,13)14)8(15)7(11)4-6/h1-4,15H/q-1/b2-1+. The third kappa shape index (κ3) is 3.68. The average molecular weight is 256 g/mol. The average Bonchev–Trinajstić information content (AvgIpc) is 2.07. The van der Waals surface area contributed by atoms with E-state index in [-0.39, 0.29) is 21.6 Å². The fourth-order valence-electron chi connectivity index (χ4n) is 0.926. The summed E-state index contributed by atoms with van der Waals surface area (Å²) in [7, 11) is 0. The zero-order chi connectivity index (χ0) is 11.6. The Morgan fingerprint density at radius 1 is 1.20 bits per heavy atom. The second kappa shape index (κ2) is 4.37. The largest absolute Gasteiger partial charge is 0.506 e. The second-order valence-electron chi connectivity index (χ2n) is 2.81. The molecule has 1 aromatic carbocycles. The molecule has 1 nitrogen and oxygen atoms in total. The zero-order valence-electron chi connectivity index (χ0n) is 7.22. The van der Waals surface area contributed by atoms with Crippen molar-refractivity contribution in [2.45, 2.75) is 0 Å². The number of benzene rings is 1. The summed E-state index contributed by atoms with van der Waals surface area (Å²) >= 11 is 11.1. The molecule has 0 unspecified atom stereocenters. The van der Waals surface area contributed by atoms with Crippen LogP contribution in [0.25, 0.3) is 6.08 Å². The first-order chi connectivity index (χ1) is 6.79. The van der Waals surface area contributed by atoms with Crippen LogP contribution in [0.4, 0.5) is 12.9 Å². The van der Waals surface area contributed by atoms with E-state index in [2.05, 4.69) is 0 Å². The summed E-state index contributed by atoms with van der Waals surface area (Å²) in [6, 6.07) is 2.44. The summed E-state index contributed by atoms with van der Waals surface area (Å²) in [4.78, 5) is 0. The third-order valence-corrected chi connectivity index (χ3v) is 2.06. The number of rotatable bonds is 2. The summed E-state index contributed by atoms with van der Waals surface area (Å²) in [6.45, 7) is -5.04. The maximum atomic E-state index is 11.9. The molecule has 0 aliphatic carbocycles. The van der Waals surface area contributed by atoms with Crippen molar-refractivity contribution < 1.29 is 18.1 Å². The van der Waals surface area contributed by atoms with Crippen molar-refractivity contribution in [1.29, 1.82) is 0 Å². The molecule has 0 heterocycles. The Bertz CT molecular complexity index is 404. The fourth-order valence-corrected chi connectivity index (χ4v) is 1.43. The van der Waals surface area contributed by atoms with Gasteiger partial charge in [-0.05, 0) is 12.1 Å². The van der Waals surface area contributed by atoms with E-state index in [1.54, 1.807) is 0 Å². The van der Waals surface area contributed by atoms with Gasteiger partial charge in [-0.25, -0.2) is 0 Å². The van der Waals surface area contributed by atoms with Gasteiger partial charge in [-0.3, -0.25) is 0 Å². The van der Waals surface area contributed by atoms with Gasteiger partial charge < -0.3 is 18.1 Å². The molecule has 1 rings (SSSR count). The second-order valence-corrected chi connectivity index (χ2v) is 3.65. The minimum atomic E-state index is -5.04. The molecule has 0 amide bonds. The van der Waals surface area contributed by atoms with Crippen molar-refractivity contribution in [2.24, 2.45) is 0 Å². The van der Waals surface area contributed by atoms with Crippen LogP contribution in [0.1, 0.15) is 5.56 Å².